The lowest BCUT2D eigenvalue weighted by Crippen LogP contribution is -2.13. The molecule has 1 heterocycles. The van der Waals surface area contributed by atoms with E-state index < -0.39 is 6.23 Å². The van der Waals surface area contributed by atoms with E-state index in [1.165, 1.54) is 0 Å². The first kappa shape index (κ1) is 3.61. The smallest absolute Gasteiger partial charge is 0.167 e. The topological polar surface area (TPSA) is 44.6 Å². The molecule has 0 aromatic carbocycles. The molecule has 0 aromatic rings. The third-order valence-corrected chi connectivity index (χ3v) is 0.577. The molecule has 0 saturated heterocycles. The zero-order valence-corrected chi connectivity index (χ0v) is 3.18. The van der Waals surface area contributed by atoms with Crippen LogP contribution in [0.5, 0.6) is 0 Å². The number of nitrogens with one attached hydrogen (secondary N) is 1. The molecule has 0 amide bonds. The third-order valence-electron chi connectivity index (χ3n) is 0.577. The van der Waals surface area contributed by atoms with Crippen molar-refractivity contribution in [2.45, 2.75) is 6.23 Å². The van der Waals surface area contributed by atoms with E-state index >= 15 is 0 Å². The van der Waals surface area contributed by atoms with Gasteiger partial charge in [0.2, 0.25) is 0 Å². The van der Waals surface area contributed by atoms with Gasteiger partial charge in [-0.25, -0.2) is 4.99 Å². The summed E-state index contributed by atoms with van der Waals surface area (Å²) in [6.07, 6.45) is 1.85. The molecule has 1 radical (unpaired) electrons. The van der Waals surface area contributed by atoms with Crippen LogP contribution < -0.4 is 5.32 Å². The predicted molar refractivity (Wildman–Crippen MR) is 21.4 cm³/mol. The maximum Gasteiger partial charge on any atom is 0.167 e. The molecule has 2 N–H and O–H groups in total. The average molecular weight is 85.1 g/mol. The minimum atomic E-state index is -0.551. The van der Waals surface area contributed by atoms with Gasteiger partial charge >= 0.3 is 0 Å². The lowest BCUT2D eigenvalue weighted by atomic mass is 10.6. The molecule has 0 bridgehead atoms. The second kappa shape index (κ2) is 1.26. The molecule has 1 atom stereocenters. The fraction of sp³-hybridized carbons (Fsp3) is 0.667. The monoisotopic (exact) mass is 85.0 g/mol. The summed E-state index contributed by atoms with van der Waals surface area (Å²) in [7, 11) is 0. The fourth-order valence-electron chi connectivity index (χ4n) is 0.303. The first-order chi connectivity index (χ1) is 2.89. The van der Waals surface area contributed by atoms with Crippen molar-refractivity contribution >= 4 is 6.34 Å². The maximum absolute atomic E-state index is 8.44. The molecule has 1 rings (SSSR count). The van der Waals surface area contributed by atoms with E-state index in [1.807, 2.05) is 0 Å². The molecular weight excluding hydrogens is 80.0 g/mol. The number of rotatable bonds is 0. The molecule has 3 nitrogen and oxygen atoms in total. The summed E-state index contributed by atoms with van der Waals surface area (Å²) < 4.78 is 0. The maximum atomic E-state index is 8.44. The highest BCUT2D eigenvalue weighted by molar-refractivity contribution is 5.56. The second-order valence-corrected chi connectivity index (χ2v) is 1.10. The zero-order chi connectivity index (χ0) is 4.41. The van der Waals surface area contributed by atoms with E-state index in [2.05, 4.69) is 16.6 Å². The Hall–Kier alpha value is -0.570. The van der Waals surface area contributed by atoms with Crippen LogP contribution in [0.1, 0.15) is 0 Å². The molecule has 33 valence electrons. The van der Waals surface area contributed by atoms with Crippen LogP contribution in [0.15, 0.2) is 4.99 Å². The van der Waals surface area contributed by atoms with Crippen LogP contribution in [-0.4, -0.2) is 24.2 Å². The summed E-state index contributed by atoms with van der Waals surface area (Å²) in [6.45, 7) is 0.514. The van der Waals surface area contributed by atoms with Crippen LogP contribution in [-0.2, 0) is 0 Å². The van der Waals surface area contributed by atoms with Gasteiger partial charge in [0.15, 0.2) is 12.6 Å². The van der Waals surface area contributed by atoms with Crippen molar-refractivity contribution < 1.29 is 5.11 Å². The molecule has 0 saturated carbocycles. The summed E-state index contributed by atoms with van der Waals surface area (Å²) in [6, 6.07) is 0. The summed E-state index contributed by atoms with van der Waals surface area (Å²) in [4.78, 5) is 3.43. The van der Waals surface area contributed by atoms with Gasteiger partial charge in [-0.05, 0) is 0 Å². The molecule has 0 aromatic heterocycles. The van der Waals surface area contributed by atoms with E-state index in [1.54, 1.807) is 0 Å². The summed E-state index contributed by atoms with van der Waals surface area (Å²) in [5.74, 6) is 0. The number of aliphatic hydroxyl groups excluding tert-OH is 1. The summed E-state index contributed by atoms with van der Waals surface area (Å²) in [5, 5.41) is 11.0. The number of hydrogen-bond donors (Lipinski definition) is 2. The Morgan fingerprint density at radius 2 is 2.83 bits per heavy atom. The Labute approximate surface area is 35.7 Å². The predicted octanol–water partition coefficient (Wildman–Crippen LogP) is -1.19. The molecule has 1 aliphatic heterocycles. The van der Waals surface area contributed by atoms with Crippen molar-refractivity contribution in [1.29, 1.82) is 0 Å². The second-order valence-electron chi connectivity index (χ2n) is 1.10. The van der Waals surface area contributed by atoms with Gasteiger partial charge < -0.3 is 10.4 Å². The van der Waals surface area contributed by atoms with Gasteiger partial charge in [-0.15, -0.1) is 0 Å². The van der Waals surface area contributed by atoms with Crippen molar-refractivity contribution in [3.8, 4) is 0 Å². The van der Waals surface area contributed by atoms with E-state index in [0.717, 1.165) is 0 Å². The molecule has 1 aliphatic rings. The summed E-state index contributed by atoms with van der Waals surface area (Å²) >= 11 is 0. The molecule has 0 spiro atoms. The van der Waals surface area contributed by atoms with Gasteiger partial charge in [0.05, 0.1) is 6.54 Å². The highest BCUT2D eigenvalue weighted by Gasteiger charge is 2.01. The molecule has 0 fully saturated rings. The van der Waals surface area contributed by atoms with Crippen LogP contribution in [0.4, 0.5) is 0 Å². The van der Waals surface area contributed by atoms with Crippen molar-refractivity contribution in [2.24, 2.45) is 4.99 Å². The Morgan fingerprint density at radius 1 is 2.00 bits per heavy atom. The highest BCUT2D eigenvalue weighted by atomic mass is 16.3. The Kier molecular flexibility index (Phi) is 0.759. The minimum Gasteiger partial charge on any atom is -0.370 e. The van der Waals surface area contributed by atoms with Gasteiger partial charge in [-0.3, -0.25) is 0 Å². The van der Waals surface area contributed by atoms with Crippen LogP contribution >= 0.6 is 0 Å². The number of β-amino-alcohol motifs (C(OH)–C–C–N with tert-alkyl or cyclic N) is 1. The minimum absolute atomic E-state index is 0.514. The standard InChI is InChI=1S/C3H5N2O/c6-3-1-4-2-5-3/h3,6H,1H2,(H,4,5). The largest absolute Gasteiger partial charge is 0.370 e. The van der Waals surface area contributed by atoms with Crippen LogP contribution in [0.3, 0.4) is 0 Å². The SMILES string of the molecule is OC1CN[C]=N1. The molecular formula is C3H5N2O. The lowest BCUT2D eigenvalue weighted by Gasteiger charge is -1.88. The van der Waals surface area contributed by atoms with Crippen molar-refractivity contribution in [1.82, 2.24) is 5.32 Å². The Balaban J connectivity index is 2.38. The van der Waals surface area contributed by atoms with Crippen LogP contribution in [0.2, 0.25) is 0 Å². The summed E-state index contributed by atoms with van der Waals surface area (Å²) in [5.41, 5.74) is 0. The van der Waals surface area contributed by atoms with Gasteiger partial charge in [0.25, 0.3) is 0 Å². The van der Waals surface area contributed by atoms with Gasteiger partial charge in [0.1, 0.15) is 0 Å². The number of nitrogens with zero attached hydrogens (tertiary/aromatic N) is 1. The number of aliphatic hydroxyl groups is 1. The number of hydrogen-bond acceptors (Lipinski definition) is 3. The Morgan fingerprint density at radius 3 is 3.00 bits per heavy atom. The van der Waals surface area contributed by atoms with E-state index in [4.69, 9.17) is 5.11 Å². The zero-order valence-electron chi connectivity index (χ0n) is 3.18. The van der Waals surface area contributed by atoms with Gasteiger partial charge in [0, 0.05) is 0 Å². The van der Waals surface area contributed by atoms with Crippen molar-refractivity contribution in [2.75, 3.05) is 6.54 Å². The van der Waals surface area contributed by atoms with E-state index in [0.29, 0.717) is 6.54 Å². The van der Waals surface area contributed by atoms with E-state index in [-0.39, 0.29) is 0 Å². The van der Waals surface area contributed by atoms with E-state index in [9.17, 15) is 0 Å². The quantitative estimate of drug-likeness (QED) is 0.388. The highest BCUT2D eigenvalue weighted by Crippen LogP contribution is 1.83. The third kappa shape index (κ3) is 0.490. The average Bonchev–Trinajstić information content (AvgIpc) is 1.86. The van der Waals surface area contributed by atoms with Crippen molar-refractivity contribution in [3.63, 3.8) is 0 Å². The number of aliphatic imine (C=N–C) groups is 1. The first-order valence-corrected chi connectivity index (χ1v) is 1.75. The van der Waals surface area contributed by atoms with Crippen LogP contribution in [0.25, 0.3) is 0 Å². The Bertz CT molecular complexity index is 71.2. The van der Waals surface area contributed by atoms with Gasteiger partial charge in [-0.1, -0.05) is 0 Å². The van der Waals surface area contributed by atoms with Crippen LogP contribution in [0, 0.1) is 0 Å². The van der Waals surface area contributed by atoms with Crippen molar-refractivity contribution in [3.05, 3.63) is 0 Å². The lowest BCUT2D eigenvalue weighted by molar-refractivity contribution is 0.198. The first-order valence-electron chi connectivity index (χ1n) is 1.75. The molecule has 1 unspecified atom stereocenters. The molecule has 0 aliphatic carbocycles. The fourth-order valence-corrected chi connectivity index (χ4v) is 0.303. The molecule has 6 heavy (non-hydrogen) atoms. The van der Waals surface area contributed by atoms with Gasteiger partial charge in [-0.2, -0.15) is 0 Å². The molecule has 3 heteroatoms. The normalized spacial score (nSPS) is 30.5.